The van der Waals surface area contributed by atoms with Crippen LogP contribution >= 0.6 is 0 Å². The summed E-state index contributed by atoms with van der Waals surface area (Å²) in [4.78, 5) is 10.8. The van der Waals surface area contributed by atoms with Gasteiger partial charge < -0.3 is 15.6 Å². The van der Waals surface area contributed by atoms with Gasteiger partial charge in [-0.15, -0.1) is 0 Å². The Bertz CT molecular complexity index is 472. The van der Waals surface area contributed by atoms with Crippen molar-refractivity contribution in [2.45, 2.75) is 31.4 Å². The van der Waals surface area contributed by atoms with E-state index in [9.17, 15) is 13.6 Å². The number of ether oxygens (including phenoxy) is 1. The van der Waals surface area contributed by atoms with Crippen molar-refractivity contribution >= 4 is 5.97 Å². The number of hydrogen-bond acceptors (Lipinski definition) is 3. The molecule has 0 amide bonds. The fourth-order valence-electron chi connectivity index (χ4n) is 2.09. The molecule has 18 heavy (non-hydrogen) atoms. The summed E-state index contributed by atoms with van der Waals surface area (Å²) in [5.74, 6) is -1.34. The van der Waals surface area contributed by atoms with Crippen LogP contribution in [-0.2, 0) is 5.54 Å². The Morgan fingerprint density at radius 3 is 2.56 bits per heavy atom. The quantitative estimate of drug-likeness (QED) is 0.868. The van der Waals surface area contributed by atoms with Gasteiger partial charge in [0.05, 0.1) is 5.56 Å². The van der Waals surface area contributed by atoms with Gasteiger partial charge in [-0.25, -0.2) is 4.79 Å². The number of nitrogens with two attached hydrogens (primary N) is 1. The second kappa shape index (κ2) is 4.53. The zero-order chi connectivity index (χ0) is 13.3. The Labute approximate surface area is 102 Å². The van der Waals surface area contributed by atoms with Crippen LogP contribution in [0.4, 0.5) is 8.78 Å². The number of carboxylic acid groups (broad SMARTS) is 1. The number of carboxylic acids is 1. The Balaban J connectivity index is 2.41. The monoisotopic (exact) mass is 257 g/mol. The highest BCUT2D eigenvalue weighted by Gasteiger charge is 2.37. The van der Waals surface area contributed by atoms with E-state index >= 15 is 0 Å². The van der Waals surface area contributed by atoms with E-state index in [2.05, 4.69) is 4.74 Å². The molecule has 6 heteroatoms. The summed E-state index contributed by atoms with van der Waals surface area (Å²) >= 11 is 0. The summed E-state index contributed by atoms with van der Waals surface area (Å²) in [6, 6.07) is 3.90. The molecule has 1 aromatic rings. The highest BCUT2D eigenvalue weighted by Crippen LogP contribution is 2.43. The van der Waals surface area contributed by atoms with Crippen molar-refractivity contribution in [3.8, 4) is 5.75 Å². The second-order valence-electron chi connectivity index (χ2n) is 4.40. The normalized spacial score (nSPS) is 17.3. The average Bonchev–Trinajstić information content (AvgIpc) is 2.25. The Morgan fingerprint density at radius 1 is 1.44 bits per heavy atom. The lowest BCUT2D eigenvalue weighted by Crippen LogP contribution is -2.43. The van der Waals surface area contributed by atoms with Crippen LogP contribution in [0.1, 0.15) is 35.2 Å². The zero-order valence-corrected chi connectivity index (χ0v) is 9.53. The zero-order valence-electron chi connectivity index (χ0n) is 9.53. The van der Waals surface area contributed by atoms with E-state index in [1.165, 1.54) is 12.1 Å². The van der Waals surface area contributed by atoms with Gasteiger partial charge in [-0.05, 0) is 31.4 Å². The maximum absolute atomic E-state index is 12.3. The van der Waals surface area contributed by atoms with Gasteiger partial charge in [0.2, 0.25) is 0 Å². The van der Waals surface area contributed by atoms with Gasteiger partial charge in [-0.3, -0.25) is 0 Å². The maximum atomic E-state index is 12.3. The first-order valence-electron chi connectivity index (χ1n) is 5.54. The molecule has 4 nitrogen and oxygen atoms in total. The standard InChI is InChI=1S/C12H13F2NO3/c13-11(14)18-9-6-7(10(16)17)2-3-8(9)12(15)4-1-5-12/h2-3,6,11H,1,4-5,15H2,(H,16,17). The lowest BCUT2D eigenvalue weighted by molar-refractivity contribution is -0.0516. The number of aromatic carboxylic acids is 1. The third-order valence-electron chi connectivity index (χ3n) is 3.23. The van der Waals surface area contributed by atoms with Gasteiger partial charge in [-0.1, -0.05) is 6.07 Å². The van der Waals surface area contributed by atoms with Gasteiger partial charge in [0, 0.05) is 11.1 Å². The van der Waals surface area contributed by atoms with Gasteiger partial charge in [0.15, 0.2) is 0 Å². The van der Waals surface area contributed by atoms with Crippen LogP contribution in [-0.4, -0.2) is 17.7 Å². The fourth-order valence-corrected chi connectivity index (χ4v) is 2.09. The number of rotatable bonds is 4. The molecule has 1 aliphatic carbocycles. The minimum Gasteiger partial charge on any atom is -0.478 e. The molecule has 0 aromatic heterocycles. The SMILES string of the molecule is NC1(c2ccc(C(=O)O)cc2OC(F)F)CCC1. The van der Waals surface area contributed by atoms with Crippen molar-refractivity contribution in [3.05, 3.63) is 29.3 Å². The molecule has 0 saturated heterocycles. The molecule has 0 aliphatic heterocycles. The predicted molar refractivity (Wildman–Crippen MR) is 59.7 cm³/mol. The highest BCUT2D eigenvalue weighted by molar-refractivity contribution is 5.88. The van der Waals surface area contributed by atoms with Gasteiger partial charge in [0.1, 0.15) is 5.75 Å². The van der Waals surface area contributed by atoms with Gasteiger partial charge in [-0.2, -0.15) is 8.78 Å². The van der Waals surface area contributed by atoms with Crippen LogP contribution in [0.5, 0.6) is 5.75 Å². The van der Waals surface area contributed by atoms with Crippen LogP contribution < -0.4 is 10.5 Å². The molecule has 3 N–H and O–H groups in total. The van der Waals surface area contributed by atoms with Crippen molar-refractivity contribution in [1.82, 2.24) is 0 Å². The second-order valence-corrected chi connectivity index (χ2v) is 4.40. The number of benzene rings is 1. The average molecular weight is 257 g/mol. The molecule has 2 rings (SSSR count). The number of halogens is 2. The third-order valence-corrected chi connectivity index (χ3v) is 3.23. The largest absolute Gasteiger partial charge is 0.478 e. The van der Waals surface area contributed by atoms with E-state index in [1.54, 1.807) is 0 Å². The van der Waals surface area contributed by atoms with E-state index < -0.39 is 18.1 Å². The van der Waals surface area contributed by atoms with E-state index in [0.29, 0.717) is 18.4 Å². The molecule has 0 atom stereocenters. The molecule has 1 saturated carbocycles. The minimum absolute atomic E-state index is 0.0997. The Kier molecular flexibility index (Phi) is 3.21. The molecule has 0 radical (unpaired) electrons. The Hall–Kier alpha value is -1.69. The number of hydrogen-bond donors (Lipinski definition) is 2. The number of carbonyl (C=O) groups is 1. The van der Waals surface area contributed by atoms with E-state index in [4.69, 9.17) is 10.8 Å². The van der Waals surface area contributed by atoms with Gasteiger partial charge in [0.25, 0.3) is 0 Å². The highest BCUT2D eigenvalue weighted by atomic mass is 19.3. The van der Waals surface area contributed by atoms with E-state index in [0.717, 1.165) is 12.5 Å². The molecule has 0 heterocycles. The fraction of sp³-hybridized carbons (Fsp3) is 0.417. The Morgan fingerprint density at radius 2 is 2.11 bits per heavy atom. The molecule has 1 fully saturated rings. The molecular weight excluding hydrogens is 244 g/mol. The summed E-state index contributed by atoms with van der Waals surface area (Å²) in [5.41, 5.74) is 5.72. The molecule has 0 spiro atoms. The van der Waals surface area contributed by atoms with E-state index in [-0.39, 0.29) is 11.3 Å². The van der Waals surface area contributed by atoms with Crippen molar-refractivity contribution in [2.24, 2.45) is 5.73 Å². The summed E-state index contributed by atoms with van der Waals surface area (Å²) < 4.78 is 29.0. The first kappa shape index (κ1) is 12.8. The van der Waals surface area contributed by atoms with Crippen molar-refractivity contribution in [2.75, 3.05) is 0 Å². The molecular formula is C12H13F2NO3. The third kappa shape index (κ3) is 2.28. The first-order chi connectivity index (χ1) is 8.42. The van der Waals surface area contributed by atoms with Crippen molar-refractivity contribution in [1.29, 1.82) is 0 Å². The topological polar surface area (TPSA) is 72.6 Å². The van der Waals surface area contributed by atoms with Crippen LogP contribution in [0, 0.1) is 0 Å². The first-order valence-corrected chi connectivity index (χ1v) is 5.54. The minimum atomic E-state index is -3.00. The van der Waals surface area contributed by atoms with Crippen LogP contribution in [0.15, 0.2) is 18.2 Å². The molecule has 98 valence electrons. The van der Waals surface area contributed by atoms with Crippen LogP contribution in [0.2, 0.25) is 0 Å². The number of alkyl halides is 2. The summed E-state index contributed by atoms with van der Waals surface area (Å²) in [6.45, 7) is -3.00. The van der Waals surface area contributed by atoms with E-state index in [1.807, 2.05) is 0 Å². The summed E-state index contributed by atoms with van der Waals surface area (Å²) in [5, 5.41) is 8.83. The lowest BCUT2D eigenvalue weighted by atomic mass is 9.72. The summed E-state index contributed by atoms with van der Waals surface area (Å²) in [7, 11) is 0. The maximum Gasteiger partial charge on any atom is 0.387 e. The smallest absolute Gasteiger partial charge is 0.387 e. The molecule has 1 aromatic carbocycles. The molecule has 0 bridgehead atoms. The predicted octanol–water partition coefficient (Wildman–Crippen LogP) is 2.32. The van der Waals surface area contributed by atoms with Crippen LogP contribution in [0.3, 0.4) is 0 Å². The summed E-state index contributed by atoms with van der Waals surface area (Å²) in [6.07, 6.45) is 2.28. The lowest BCUT2D eigenvalue weighted by Gasteiger charge is -2.39. The molecule has 0 unspecified atom stereocenters. The van der Waals surface area contributed by atoms with Gasteiger partial charge >= 0.3 is 12.6 Å². The van der Waals surface area contributed by atoms with Crippen LogP contribution in [0.25, 0.3) is 0 Å². The molecule has 1 aliphatic rings. The van der Waals surface area contributed by atoms with Crippen molar-refractivity contribution in [3.63, 3.8) is 0 Å². The van der Waals surface area contributed by atoms with Crippen molar-refractivity contribution < 1.29 is 23.4 Å².